The molecule has 1 N–H and O–H groups in total. The van der Waals surface area contributed by atoms with Gasteiger partial charge in [-0.15, -0.1) is 0 Å². The first-order valence-corrected chi connectivity index (χ1v) is 8.61. The number of nitrogens with zero attached hydrogens (tertiary/aromatic N) is 2. The van der Waals surface area contributed by atoms with Crippen LogP contribution in [0.2, 0.25) is 0 Å². The first-order chi connectivity index (χ1) is 9.99. The SMILES string of the molecule is CCCC1CCC(C(=O)O)C(N(CCC)CCN(C)C)C1. The highest BCUT2D eigenvalue weighted by atomic mass is 16.4. The average Bonchev–Trinajstić information content (AvgIpc) is 2.43. The van der Waals surface area contributed by atoms with Gasteiger partial charge in [-0.3, -0.25) is 9.69 Å². The molecule has 21 heavy (non-hydrogen) atoms. The number of hydrogen-bond donors (Lipinski definition) is 1. The number of likely N-dealkylation sites (N-methyl/N-ethyl adjacent to an activating group) is 1. The zero-order valence-corrected chi connectivity index (χ0v) is 14.3. The second-order valence-electron chi connectivity index (χ2n) is 6.82. The third-order valence-electron chi connectivity index (χ3n) is 4.75. The van der Waals surface area contributed by atoms with E-state index in [1.54, 1.807) is 0 Å². The fourth-order valence-corrected chi connectivity index (χ4v) is 3.65. The standard InChI is InChI=1S/C17H34N2O2/c1-5-7-14-8-9-15(17(20)21)16(13-14)19(10-6-2)12-11-18(3)4/h14-16H,5-13H2,1-4H3,(H,20,21). The van der Waals surface area contributed by atoms with Gasteiger partial charge in [-0.25, -0.2) is 0 Å². The Morgan fingerprint density at radius 1 is 1.10 bits per heavy atom. The lowest BCUT2D eigenvalue weighted by Crippen LogP contribution is -2.49. The summed E-state index contributed by atoms with van der Waals surface area (Å²) in [7, 11) is 4.17. The molecule has 4 nitrogen and oxygen atoms in total. The van der Waals surface area contributed by atoms with E-state index in [0.717, 1.165) is 45.3 Å². The van der Waals surface area contributed by atoms with Crippen LogP contribution in [-0.2, 0) is 4.79 Å². The molecule has 0 heterocycles. The molecule has 124 valence electrons. The summed E-state index contributed by atoms with van der Waals surface area (Å²) in [5, 5.41) is 9.58. The van der Waals surface area contributed by atoms with Crippen molar-refractivity contribution in [1.29, 1.82) is 0 Å². The van der Waals surface area contributed by atoms with E-state index < -0.39 is 5.97 Å². The largest absolute Gasteiger partial charge is 0.481 e. The van der Waals surface area contributed by atoms with Gasteiger partial charge in [0, 0.05) is 19.1 Å². The van der Waals surface area contributed by atoms with Crippen molar-refractivity contribution in [2.75, 3.05) is 33.7 Å². The van der Waals surface area contributed by atoms with E-state index in [9.17, 15) is 9.90 Å². The van der Waals surface area contributed by atoms with Crippen molar-refractivity contribution in [2.24, 2.45) is 11.8 Å². The third kappa shape index (κ3) is 5.95. The summed E-state index contributed by atoms with van der Waals surface area (Å²) in [6, 6.07) is 0.229. The lowest BCUT2D eigenvalue weighted by atomic mass is 9.76. The molecule has 1 aliphatic rings. The van der Waals surface area contributed by atoms with Crippen LogP contribution in [0, 0.1) is 11.8 Å². The lowest BCUT2D eigenvalue weighted by Gasteiger charge is -2.41. The van der Waals surface area contributed by atoms with Gasteiger partial charge in [0.2, 0.25) is 0 Å². The highest BCUT2D eigenvalue weighted by molar-refractivity contribution is 5.71. The summed E-state index contributed by atoms with van der Waals surface area (Å²) in [4.78, 5) is 16.3. The molecule has 1 saturated carbocycles. The molecule has 0 aromatic carbocycles. The van der Waals surface area contributed by atoms with Crippen molar-refractivity contribution < 1.29 is 9.90 Å². The van der Waals surface area contributed by atoms with E-state index in [1.165, 1.54) is 12.8 Å². The van der Waals surface area contributed by atoms with Crippen LogP contribution in [0.15, 0.2) is 0 Å². The van der Waals surface area contributed by atoms with Crippen LogP contribution in [0.25, 0.3) is 0 Å². The molecule has 1 aliphatic carbocycles. The summed E-state index contributed by atoms with van der Waals surface area (Å²) in [6.07, 6.45) is 6.56. The molecule has 3 unspecified atom stereocenters. The molecule has 0 amide bonds. The van der Waals surface area contributed by atoms with E-state index in [-0.39, 0.29) is 12.0 Å². The highest BCUT2D eigenvalue weighted by Crippen LogP contribution is 2.35. The van der Waals surface area contributed by atoms with E-state index >= 15 is 0 Å². The van der Waals surface area contributed by atoms with Crippen LogP contribution >= 0.6 is 0 Å². The summed E-state index contributed by atoms with van der Waals surface area (Å²) in [6.45, 7) is 7.41. The topological polar surface area (TPSA) is 43.8 Å². The zero-order valence-electron chi connectivity index (χ0n) is 14.3. The Balaban J connectivity index is 2.77. The minimum atomic E-state index is -0.596. The van der Waals surface area contributed by atoms with Gasteiger partial charge in [-0.05, 0) is 52.2 Å². The number of aliphatic carboxylic acids is 1. The molecule has 0 saturated heterocycles. The average molecular weight is 298 g/mol. The fraction of sp³-hybridized carbons (Fsp3) is 0.941. The maximum Gasteiger partial charge on any atom is 0.308 e. The van der Waals surface area contributed by atoms with Crippen molar-refractivity contribution >= 4 is 5.97 Å². The Hall–Kier alpha value is -0.610. The van der Waals surface area contributed by atoms with Gasteiger partial charge in [-0.1, -0.05) is 26.7 Å². The van der Waals surface area contributed by atoms with E-state index in [4.69, 9.17) is 0 Å². The normalized spacial score (nSPS) is 26.5. The van der Waals surface area contributed by atoms with Gasteiger partial charge >= 0.3 is 5.97 Å². The first-order valence-electron chi connectivity index (χ1n) is 8.61. The van der Waals surface area contributed by atoms with Gasteiger partial charge in [0.25, 0.3) is 0 Å². The molecule has 0 aliphatic heterocycles. The number of carboxylic acids is 1. The Labute approximate surface area is 130 Å². The number of hydrogen-bond acceptors (Lipinski definition) is 3. The Morgan fingerprint density at radius 3 is 2.33 bits per heavy atom. The van der Waals surface area contributed by atoms with Crippen LogP contribution in [0.1, 0.15) is 52.4 Å². The van der Waals surface area contributed by atoms with Gasteiger partial charge < -0.3 is 10.0 Å². The highest BCUT2D eigenvalue weighted by Gasteiger charge is 2.37. The quantitative estimate of drug-likeness (QED) is 0.711. The molecule has 0 aromatic heterocycles. The molecule has 1 rings (SSSR count). The van der Waals surface area contributed by atoms with Crippen LogP contribution in [0.4, 0.5) is 0 Å². The molecule has 3 atom stereocenters. The summed E-state index contributed by atoms with van der Waals surface area (Å²) >= 11 is 0. The summed E-state index contributed by atoms with van der Waals surface area (Å²) in [5.41, 5.74) is 0. The van der Waals surface area contributed by atoms with Gasteiger partial charge in [0.15, 0.2) is 0 Å². The molecule has 1 fully saturated rings. The van der Waals surface area contributed by atoms with Crippen molar-refractivity contribution in [3.05, 3.63) is 0 Å². The molecule has 0 radical (unpaired) electrons. The van der Waals surface area contributed by atoms with Crippen LogP contribution in [0.3, 0.4) is 0 Å². The minimum Gasteiger partial charge on any atom is -0.481 e. The van der Waals surface area contributed by atoms with E-state index in [0.29, 0.717) is 5.92 Å². The molecular formula is C17H34N2O2. The summed E-state index contributed by atoms with van der Waals surface area (Å²) in [5.74, 6) is -0.0537. The number of carboxylic acid groups (broad SMARTS) is 1. The van der Waals surface area contributed by atoms with Crippen LogP contribution in [-0.4, -0.2) is 60.6 Å². The van der Waals surface area contributed by atoms with E-state index in [1.807, 2.05) is 0 Å². The zero-order chi connectivity index (χ0) is 15.8. The van der Waals surface area contributed by atoms with Crippen molar-refractivity contribution in [2.45, 2.75) is 58.4 Å². The predicted molar refractivity (Wildman–Crippen MR) is 87.6 cm³/mol. The smallest absolute Gasteiger partial charge is 0.308 e. The molecule has 4 heteroatoms. The number of carbonyl (C=O) groups is 1. The van der Waals surface area contributed by atoms with E-state index in [2.05, 4.69) is 37.7 Å². The molecule has 0 aromatic rings. The molecule has 0 spiro atoms. The second kappa shape index (κ2) is 9.42. The Kier molecular flexibility index (Phi) is 8.27. The van der Waals surface area contributed by atoms with Gasteiger partial charge in [0.05, 0.1) is 5.92 Å². The van der Waals surface area contributed by atoms with Gasteiger partial charge in [0.1, 0.15) is 0 Å². The Bertz CT molecular complexity index is 307. The van der Waals surface area contributed by atoms with Crippen LogP contribution in [0.5, 0.6) is 0 Å². The molecule has 0 bridgehead atoms. The number of rotatable bonds is 9. The van der Waals surface area contributed by atoms with Gasteiger partial charge in [-0.2, -0.15) is 0 Å². The predicted octanol–water partition coefficient (Wildman–Crippen LogP) is 2.93. The Morgan fingerprint density at radius 2 is 1.81 bits per heavy atom. The van der Waals surface area contributed by atoms with Crippen molar-refractivity contribution in [3.63, 3.8) is 0 Å². The molecular weight excluding hydrogens is 264 g/mol. The first kappa shape index (κ1) is 18.4. The monoisotopic (exact) mass is 298 g/mol. The fourth-order valence-electron chi connectivity index (χ4n) is 3.65. The summed E-state index contributed by atoms with van der Waals surface area (Å²) < 4.78 is 0. The van der Waals surface area contributed by atoms with Crippen LogP contribution < -0.4 is 0 Å². The lowest BCUT2D eigenvalue weighted by molar-refractivity contribution is -0.146. The minimum absolute atomic E-state index is 0.174. The maximum absolute atomic E-state index is 11.6. The second-order valence-corrected chi connectivity index (χ2v) is 6.82. The third-order valence-corrected chi connectivity index (χ3v) is 4.75. The van der Waals surface area contributed by atoms with Crippen molar-refractivity contribution in [1.82, 2.24) is 9.80 Å². The maximum atomic E-state index is 11.6. The van der Waals surface area contributed by atoms with Crippen molar-refractivity contribution in [3.8, 4) is 0 Å².